The monoisotopic (exact) mass is 473 g/mol. The second-order valence-electron chi connectivity index (χ2n) is 9.91. The second-order valence-corrected chi connectivity index (χ2v) is 9.91. The molecule has 6 heteroatoms. The van der Waals surface area contributed by atoms with E-state index in [0.29, 0.717) is 41.7 Å². The first-order valence-electron chi connectivity index (χ1n) is 11.8. The number of hydrogen-bond donors (Lipinski definition) is 1. The van der Waals surface area contributed by atoms with E-state index >= 15 is 0 Å². The second kappa shape index (κ2) is 9.90. The summed E-state index contributed by atoms with van der Waals surface area (Å²) in [5.41, 5.74) is 4.64. The van der Waals surface area contributed by atoms with Gasteiger partial charge in [-0.15, -0.1) is 0 Å². The Morgan fingerprint density at radius 2 is 1.69 bits per heavy atom. The minimum absolute atomic E-state index is 0.0212. The predicted octanol–water partition coefficient (Wildman–Crippen LogP) is 4.86. The van der Waals surface area contributed by atoms with Gasteiger partial charge in [-0.1, -0.05) is 56.3 Å². The molecule has 1 aliphatic carbocycles. The third-order valence-corrected chi connectivity index (χ3v) is 6.59. The van der Waals surface area contributed by atoms with E-state index in [1.165, 1.54) is 7.11 Å². The Kier molecular flexibility index (Phi) is 6.92. The number of hydrogen-bond acceptors (Lipinski definition) is 6. The van der Waals surface area contributed by atoms with Crippen molar-refractivity contribution in [1.82, 2.24) is 5.32 Å². The van der Waals surface area contributed by atoms with Crippen LogP contribution in [0.3, 0.4) is 0 Å². The molecule has 1 aliphatic heterocycles. The van der Waals surface area contributed by atoms with E-state index in [0.717, 1.165) is 16.8 Å². The van der Waals surface area contributed by atoms with Crippen LogP contribution in [-0.2, 0) is 25.5 Å². The van der Waals surface area contributed by atoms with Crippen molar-refractivity contribution in [3.05, 3.63) is 93.8 Å². The molecule has 35 heavy (non-hydrogen) atoms. The summed E-state index contributed by atoms with van der Waals surface area (Å²) in [5.74, 6) is -1.43. The van der Waals surface area contributed by atoms with Gasteiger partial charge < -0.3 is 14.8 Å². The first-order valence-corrected chi connectivity index (χ1v) is 11.8. The number of rotatable bonds is 6. The molecule has 2 aromatic rings. The van der Waals surface area contributed by atoms with Crippen LogP contribution in [0.4, 0.5) is 0 Å². The summed E-state index contributed by atoms with van der Waals surface area (Å²) in [7, 11) is 1.33. The van der Waals surface area contributed by atoms with Crippen LogP contribution < -0.4 is 5.32 Å². The highest BCUT2D eigenvalue weighted by molar-refractivity contribution is 6.04. The van der Waals surface area contributed by atoms with Crippen molar-refractivity contribution >= 4 is 17.7 Å². The van der Waals surface area contributed by atoms with Gasteiger partial charge in [-0.2, -0.15) is 0 Å². The molecule has 6 nitrogen and oxygen atoms in total. The van der Waals surface area contributed by atoms with Crippen LogP contribution in [0.2, 0.25) is 0 Å². The summed E-state index contributed by atoms with van der Waals surface area (Å²) >= 11 is 0. The minimum Gasteiger partial charge on any atom is -0.465 e. The molecule has 0 fully saturated rings. The van der Waals surface area contributed by atoms with Crippen LogP contribution in [0.1, 0.15) is 61.0 Å². The Hall–Kier alpha value is -3.67. The van der Waals surface area contributed by atoms with Gasteiger partial charge in [0.05, 0.1) is 24.9 Å². The number of carbonyl (C=O) groups excluding carboxylic acids is 3. The molecule has 0 aromatic heterocycles. The van der Waals surface area contributed by atoms with Gasteiger partial charge in [0.2, 0.25) is 0 Å². The lowest BCUT2D eigenvalue weighted by Crippen LogP contribution is -2.38. The number of ether oxygens (including phenoxy) is 2. The topological polar surface area (TPSA) is 81.7 Å². The first kappa shape index (κ1) is 24.5. The normalized spacial score (nSPS) is 19.1. The number of benzene rings is 2. The predicted molar refractivity (Wildman–Crippen MR) is 133 cm³/mol. The fourth-order valence-corrected chi connectivity index (χ4v) is 4.95. The molecule has 0 unspecified atom stereocenters. The summed E-state index contributed by atoms with van der Waals surface area (Å²) in [6.07, 6.45) is 1.71. The Morgan fingerprint density at radius 3 is 2.34 bits per heavy atom. The van der Waals surface area contributed by atoms with Crippen molar-refractivity contribution in [2.45, 2.75) is 46.0 Å². The number of methoxy groups -OCH3 is 1. The lowest BCUT2D eigenvalue weighted by molar-refractivity contribution is -0.139. The fourth-order valence-electron chi connectivity index (χ4n) is 4.95. The molecule has 0 amide bonds. The molecule has 182 valence electrons. The number of ketones is 1. The highest BCUT2D eigenvalue weighted by atomic mass is 16.5. The van der Waals surface area contributed by atoms with Crippen LogP contribution in [-0.4, -0.2) is 31.4 Å². The maximum absolute atomic E-state index is 13.4. The highest BCUT2D eigenvalue weighted by Gasteiger charge is 2.43. The summed E-state index contributed by atoms with van der Waals surface area (Å²) in [5, 5.41) is 3.35. The molecule has 0 saturated heterocycles. The van der Waals surface area contributed by atoms with Gasteiger partial charge in [-0.3, -0.25) is 4.79 Å². The Morgan fingerprint density at radius 1 is 1.00 bits per heavy atom. The summed E-state index contributed by atoms with van der Waals surface area (Å²) in [6.45, 7) is 6.23. The van der Waals surface area contributed by atoms with Crippen molar-refractivity contribution in [2.24, 2.45) is 5.41 Å². The largest absolute Gasteiger partial charge is 0.465 e. The van der Waals surface area contributed by atoms with Crippen molar-refractivity contribution < 1.29 is 23.9 Å². The summed E-state index contributed by atoms with van der Waals surface area (Å²) in [4.78, 5) is 38.7. The third-order valence-electron chi connectivity index (χ3n) is 6.59. The zero-order chi connectivity index (χ0) is 25.2. The molecule has 2 aromatic carbocycles. The van der Waals surface area contributed by atoms with Crippen LogP contribution >= 0.6 is 0 Å². The number of Topliss-reactive ketones (excluding diaryl/α,β-unsaturated/α-hetero) is 1. The van der Waals surface area contributed by atoms with Crippen molar-refractivity contribution in [3.8, 4) is 0 Å². The lowest BCUT2D eigenvalue weighted by atomic mass is 9.68. The smallest absolute Gasteiger partial charge is 0.337 e. The van der Waals surface area contributed by atoms with E-state index in [4.69, 9.17) is 9.47 Å². The van der Waals surface area contributed by atoms with Crippen molar-refractivity contribution in [2.75, 3.05) is 13.7 Å². The van der Waals surface area contributed by atoms with Gasteiger partial charge in [-0.05, 0) is 42.0 Å². The van der Waals surface area contributed by atoms with Gasteiger partial charge in [0.25, 0.3) is 0 Å². The average molecular weight is 474 g/mol. The highest BCUT2D eigenvalue weighted by Crippen LogP contribution is 2.46. The molecule has 0 bridgehead atoms. The molecule has 0 spiro atoms. The minimum atomic E-state index is -0.564. The molecule has 1 N–H and O–H groups in total. The van der Waals surface area contributed by atoms with E-state index in [9.17, 15) is 14.4 Å². The number of allylic oxidation sites excluding steroid dienone is 3. The lowest BCUT2D eigenvalue weighted by Gasteiger charge is -2.39. The van der Waals surface area contributed by atoms with Crippen LogP contribution in [0.25, 0.3) is 0 Å². The zero-order valence-electron chi connectivity index (χ0n) is 20.6. The number of carbonyl (C=O) groups is 3. The molecule has 2 aliphatic rings. The van der Waals surface area contributed by atoms with Gasteiger partial charge in [0.15, 0.2) is 5.78 Å². The molecule has 0 radical (unpaired) electrons. The van der Waals surface area contributed by atoms with Gasteiger partial charge in [0, 0.05) is 35.7 Å². The van der Waals surface area contributed by atoms with Crippen LogP contribution in [0.5, 0.6) is 0 Å². The Labute approximate surface area is 206 Å². The van der Waals surface area contributed by atoms with E-state index in [1.807, 2.05) is 37.3 Å². The SMILES string of the molecule is COC(=O)c1ccc([C@H]2C(C(=O)OCCc3ccccc3)=C(C)NC3=C2C(=O)CC(C)(C)C3)cc1. The van der Waals surface area contributed by atoms with Crippen molar-refractivity contribution in [1.29, 1.82) is 0 Å². The molecule has 1 heterocycles. The van der Waals surface area contributed by atoms with Crippen LogP contribution in [0, 0.1) is 5.41 Å². The Bertz CT molecular complexity index is 1210. The van der Waals surface area contributed by atoms with E-state index in [-0.39, 0.29) is 17.8 Å². The number of nitrogens with one attached hydrogen (secondary N) is 1. The fraction of sp³-hybridized carbons (Fsp3) is 0.345. The van der Waals surface area contributed by atoms with E-state index in [2.05, 4.69) is 19.2 Å². The van der Waals surface area contributed by atoms with Gasteiger partial charge in [0.1, 0.15) is 0 Å². The maximum Gasteiger partial charge on any atom is 0.337 e. The maximum atomic E-state index is 13.4. The third kappa shape index (κ3) is 5.21. The molecule has 0 saturated carbocycles. The van der Waals surface area contributed by atoms with E-state index < -0.39 is 17.9 Å². The quantitative estimate of drug-likeness (QED) is 0.604. The van der Waals surface area contributed by atoms with Crippen LogP contribution in [0.15, 0.2) is 77.1 Å². The van der Waals surface area contributed by atoms with Crippen molar-refractivity contribution in [3.63, 3.8) is 0 Å². The molecular weight excluding hydrogens is 442 g/mol. The molecule has 1 atom stereocenters. The standard InChI is InChI=1S/C29H31NO5/c1-18-24(28(33)35-15-14-19-8-6-5-7-9-19)25(20-10-12-21(13-11-20)27(32)34-4)26-22(30-18)16-29(2,3)17-23(26)31/h5-13,25,30H,14-17H2,1-4H3/t25-/m0/s1. The van der Waals surface area contributed by atoms with Gasteiger partial charge >= 0.3 is 11.9 Å². The number of dihydropyridines is 1. The molecule has 4 rings (SSSR count). The zero-order valence-corrected chi connectivity index (χ0v) is 20.6. The summed E-state index contributed by atoms with van der Waals surface area (Å²) in [6, 6.07) is 16.7. The number of esters is 2. The Balaban J connectivity index is 1.68. The average Bonchev–Trinajstić information content (AvgIpc) is 2.82. The van der Waals surface area contributed by atoms with Gasteiger partial charge in [-0.25, -0.2) is 9.59 Å². The molecular formula is C29H31NO5. The first-order chi connectivity index (χ1) is 16.7. The summed E-state index contributed by atoms with van der Waals surface area (Å²) < 4.78 is 10.5. The van der Waals surface area contributed by atoms with E-state index in [1.54, 1.807) is 24.3 Å².